The maximum atomic E-state index is 12.3. The minimum atomic E-state index is -1.23. The smallest absolute Gasteiger partial charge is 0.277 e. The summed E-state index contributed by atoms with van der Waals surface area (Å²) in [5.74, 6) is -1.05. The van der Waals surface area contributed by atoms with E-state index in [1.165, 1.54) is 13.8 Å². The second-order valence-corrected chi connectivity index (χ2v) is 5.14. The van der Waals surface area contributed by atoms with E-state index < -0.39 is 23.3 Å². The summed E-state index contributed by atoms with van der Waals surface area (Å²) in [5.41, 5.74) is -1.23. The average molecular weight is 264 g/mol. The first kappa shape index (κ1) is 13.3. The highest BCUT2D eigenvalue weighted by atomic mass is 16.2. The quantitative estimate of drug-likeness (QED) is 0.800. The Kier molecular flexibility index (Phi) is 3.13. The first-order chi connectivity index (χ1) is 8.84. The van der Waals surface area contributed by atoms with Gasteiger partial charge in [-0.25, -0.2) is 4.79 Å². The molecule has 0 spiro atoms. The van der Waals surface area contributed by atoms with Crippen LogP contribution in [0.15, 0.2) is 18.5 Å². The van der Waals surface area contributed by atoms with Crippen LogP contribution >= 0.6 is 0 Å². The van der Waals surface area contributed by atoms with E-state index in [0.717, 1.165) is 4.90 Å². The van der Waals surface area contributed by atoms with Gasteiger partial charge in [-0.2, -0.15) is 5.10 Å². The van der Waals surface area contributed by atoms with Crippen LogP contribution in [0.25, 0.3) is 0 Å². The van der Waals surface area contributed by atoms with E-state index in [9.17, 15) is 14.4 Å². The van der Waals surface area contributed by atoms with Gasteiger partial charge in [-0.05, 0) is 26.8 Å². The molecule has 0 radical (unpaired) electrons. The normalized spacial score (nSPS) is 20.4. The van der Waals surface area contributed by atoms with Gasteiger partial charge in [0.05, 0.1) is 12.6 Å². The lowest BCUT2D eigenvalue weighted by Gasteiger charge is -2.37. The fourth-order valence-electron chi connectivity index (χ4n) is 1.97. The van der Waals surface area contributed by atoms with Crippen molar-refractivity contribution in [2.75, 3.05) is 0 Å². The number of urea groups is 1. The molecule has 0 saturated carbocycles. The summed E-state index contributed by atoms with van der Waals surface area (Å²) in [6.07, 6.45) is 3.37. The van der Waals surface area contributed by atoms with Crippen LogP contribution < -0.4 is 5.32 Å². The molecule has 1 fully saturated rings. The van der Waals surface area contributed by atoms with Crippen molar-refractivity contribution in [2.45, 2.75) is 33.4 Å². The van der Waals surface area contributed by atoms with Crippen molar-refractivity contribution >= 4 is 17.8 Å². The highest BCUT2D eigenvalue weighted by Gasteiger charge is 2.48. The van der Waals surface area contributed by atoms with E-state index in [0.29, 0.717) is 6.54 Å². The largest absolute Gasteiger partial charge is 0.331 e. The predicted molar refractivity (Wildman–Crippen MR) is 65.9 cm³/mol. The third-order valence-corrected chi connectivity index (χ3v) is 3.21. The topological polar surface area (TPSA) is 84.3 Å². The number of imide groups is 2. The van der Waals surface area contributed by atoms with Crippen molar-refractivity contribution in [3.05, 3.63) is 18.5 Å². The lowest BCUT2D eigenvalue weighted by Crippen LogP contribution is -2.64. The Morgan fingerprint density at radius 2 is 2.05 bits per heavy atom. The Hall–Kier alpha value is -2.18. The van der Waals surface area contributed by atoms with Crippen molar-refractivity contribution in [1.29, 1.82) is 0 Å². The molecule has 7 nitrogen and oxygen atoms in total. The molecule has 1 aromatic rings. The van der Waals surface area contributed by atoms with E-state index in [4.69, 9.17) is 0 Å². The Morgan fingerprint density at radius 3 is 2.63 bits per heavy atom. The predicted octanol–water partition coefficient (Wildman–Crippen LogP) is 0.376. The number of barbiturate groups is 1. The number of carbonyl (C=O) groups is 3. The molecule has 1 aromatic heterocycles. The van der Waals surface area contributed by atoms with E-state index in [1.807, 2.05) is 0 Å². The Morgan fingerprint density at radius 1 is 1.37 bits per heavy atom. The van der Waals surface area contributed by atoms with Crippen LogP contribution in [0.4, 0.5) is 4.79 Å². The van der Waals surface area contributed by atoms with Crippen LogP contribution in [0, 0.1) is 5.41 Å². The van der Waals surface area contributed by atoms with E-state index >= 15 is 0 Å². The zero-order valence-corrected chi connectivity index (χ0v) is 11.1. The number of nitrogens with zero attached hydrogens (tertiary/aromatic N) is 3. The molecule has 19 heavy (non-hydrogen) atoms. The van der Waals surface area contributed by atoms with Crippen LogP contribution in [0.3, 0.4) is 0 Å². The summed E-state index contributed by atoms with van der Waals surface area (Å²) in [7, 11) is 0. The number of carbonyl (C=O) groups excluding carboxylic acids is 3. The molecule has 7 heteroatoms. The summed E-state index contributed by atoms with van der Waals surface area (Å²) in [4.78, 5) is 36.8. The third-order valence-electron chi connectivity index (χ3n) is 3.21. The van der Waals surface area contributed by atoms with Gasteiger partial charge in [0, 0.05) is 12.4 Å². The second kappa shape index (κ2) is 4.49. The van der Waals surface area contributed by atoms with Gasteiger partial charge in [0.1, 0.15) is 5.41 Å². The summed E-state index contributed by atoms with van der Waals surface area (Å²) in [5, 5.41) is 6.24. The first-order valence-corrected chi connectivity index (χ1v) is 6.00. The highest BCUT2D eigenvalue weighted by Crippen LogP contribution is 2.25. The molecule has 2 heterocycles. The van der Waals surface area contributed by atoms with E-state index in [1.54, 1.807) is 30.1 Å². The molecule has 1 aliphatic heterocycles. The molecule has 1 saturated heterocycles. The van der Waals surface area contributed by atoms with Crippen molar-refractivity contribution in [1.82, 2.24) is 20.0 Å². The lowest BCUT2D eigenvalue weighted by molar-refractivity contribution is -0.150. The van der Waals surface area contributed by atoms with Gasteiger partial charge in [0.15, 0.2) is 0 Å². The first-order valence-electron chi connectivity index (χ1n) is 6.00. The molecular formula is C12H16N4O3. The summed E-state index contributed by atoms with van der Waals surface area (Å²) < 4.78 is 1.63. The van der Waals surface area contributed by atoms with Gasteiger partial charge in [0.2, 0.25) is 11.8 Å². The molecule has 0 aromatic carbocycles. The Labute approximate surface area is 110 Å². The minimum absolute atomic E-state index is 0.385. The zero-order valence-electron chi connectivity index (χ0n) is 11.1. The third kappa shape index (κ3) is 2.23. The number of aromatic nitrogens is 2. The Balaban J connectivity index is 2.20. The number of rotatable bonds is 3. The zero-order chi connectivity index (χ0) is 14.2. The summed E-state index contributed by atoms with van der Waals surface area (Å²) >= 11 is 0. The summed E-state index contributed by atoms with van der Waals surface area (Å²) in [6.45, 7) is 5.14. The molecule has 1 unspecified atom stereocenters. The molecule has 2 rings (SSSR count). The van der Waals surface area contributed by atoms with Crippen LogP contribution in [0.5, 0.6) is 0 Å². The van der Waals surface area contributed by atoms with Crippen molar-refractivity contribution in [3.63, 3.8) is 0 Å². The van der Waals surface area contributed by atoms with E-state index in [-0.39, 0.29) is 6.04 Å². The fraction of sp³-hybridized carbons (Fsp3) is 0.500. The van der Waals surface area contributed by atoms with E-state index in [2.05, 4.69) is 10.4 Å². The van der Waals surface area contributed by atoms with Gasteiger partial charge < -0.3 is 0 Å². The molecule has 1 atom stereocenters. The van der Waals surface area contributed by atoms with Crippen LogP contribution in [-0.4, -0.2) is 38.6 Å². The molecule has 4 amide bonds. The molecule has 102 valence electrons. The summed E-state index contributed by atoms with van der Waals surface area (Å²) in [6, 6.07) is 0.701. The second-order valence-electron chi connectivity index (χ2n) is 5.14. The standard InChI is InChI=1S/C12H16N4O3/c1-8(7-15-6-4-5-13-15)16-10(18)12(2,3)9(17)14-11(16)19/h4-6,8H,7H2,1-3H3,(H,14,17,19). The van der Waals surface area contributed by atoms with Crippen molar-refractivity contribution in [3.8, 4) is 0 Å². The van der Waals surface area contributed by atoms with Crippen LogP contribution in [0.2, 0.25) is 0 Å². The maximum Gasteiger partial charge on any atom is 0.331 e. The van der Waals surface area contributed by atoms with Gasteiger partial charge in [-0.15, -0.1) is 0 Å². The van der Waals surface area contributed by atoms with Gasteiger partial charge in [-0.3, -0.25) is 24.5 Å². The number of amides is 4. The minimum Gasteiger partial charge on any atom is -0.277 e. The molecule has 0 aliphatic carbocycles. The van der Waals surface area contributed by atoms with Gasteiger partial charge >= 0.3 is 6.03 Å². The maximum absolute atomic E-state index is 12.3. The van der Waals surface area contributed by atoms with Gasteiger partial charge in [0.25, 0.3) is 0 Å². The monoisotopic (exact) mass is 264 g/mol. The fourth-order valence-corrected chi connectivity index (χ4v) is 1.97. The van der Waals surface area contributed by atoms with Crippen molar-refractivity contribution < 1.29 is 14.4 Å². The van der Waals surface area contributed by atoms with Gasteiger partial charge in [-0.1, -0.05) is 0 Å². The molecule has 1 N–H and O–H groups in total. The Bertz CT molecular complexity index is 521. The SMILES string of the molecule is CC(Cn1cccn1)N1C(=O)NC(=O)C(C)(C)C1=O. The lowest BCUT2D eigenvalue weighted by atomic mass is 9.88. The van der Waals surface area contributed by atoms with Crippen molar-refractivity contribution in [2.24, 2.45) is 5.41 Å². The highest BCUT2D eigenvalue weighted by molar-refractivity contribution is 6.18. The van der Waals surface area contributed by atoms with Crippen LogP contribution in [-0.2, 0) is 16.1 Å². The number of nitrogens with one attached hydrogen (secondary N) is 1. The average Bonchev–Trinajstić information content (AvgIpc) is 2.79. The molecule has 1 aliphatic rings. The van der Waals surface area contributed by atoms with Crippen LogP contribution in [0.1, 0.15) is 20.8 Å². The molecular weight excluding hydrogens is 248 g/mol. The molecule has 0 bridgehead atoms. The number of hydrogen-bond donors (Lipinski definition) is 1. The number of hydrogen-bond acceptors (Lipinski definition) is 4.